The van der Waals surface area contributed by atoms with Gasteiger partial charge in [0.25, 0.3) is 0 Å². The Morgan fingerprint density at radius 1 is 0.696 bits per heavy atom. The Bertz CT molecular complexity index is 862. The average molecular weight is 317 g/mol. The SMILES string of the molecule is Clc1ccccc1C1CC(c2ccccc2)=Cc2ccccc21. The number of benzene rings is 3. The van der Waals surface area contributed by atoms with Crippen molar-refractivity contribution in [2.75, 3.05) is 0 Å². The summed E-state index contributed by atoms with van der Waals surface area (Å²) in [6, 6.07) is 27.5. The van der Waals surface area contributed by atoms with E-state index in [2.05, 4.69) is 72.8 Å². The molecular weight excluding hydrogens is 300 g/mol. The molecule has 0 aliphatic heterocycles. The molecule has 1 heteroatoms. The second kappa shape index (κ2) is 6.06. The molecule has 0 heterocycles. The Balaban J connectivity index is 1.86. The maximum absolute atomic E-state index is 6.50. The standard InChI is InChI=1S/C22H17Cl/c23-22-13-7-6-12-20(22)21-15-18(16-8-2-1-3-9-16)14-17-10-4-5-11-19(17)21/h1-14,21H,15H2. The van der Waals surface area contributed by atoms with Crippen molar-refractivity contribution in [2.24, 2.45) is 0 Å². The highest BCUT2D eigenvalue weighted by molar-refractivity contribution is 6.31. The van der Waals surface area contributed by atoms with Gasteiger partial charge in [0, 0.05) is 10.9 Å². The van der Waals surface area contributed by atoms with E-state index < -0.39 is 0 Å². The zero-order valence-electron chi connectivity index (χ0n) is 12.7. The Labute approximate surface area is 142 Å². The highest BCUT2D eigenvalue weighted by atomic mass is 35.5. The average Bonchev–Trinajstić information content (AvgIpc) is 2.62. The predicted molar refractivity (Wildman–Crippen MR) is 98.7 cm³/mol. The molecule has 3 aromatic carbocycles. The minimum atomic E-state index is 0.306. The van der Waals surface area contributed by atoms with Crippen molar-refractivity contribution in [2.45, 2.75) is 12.3 Å². The number of halogens is 1. The first-order chi connectivity index (χ1) is 11.3. The van der Waals surface area contributed by atoms with Crippen molar-refractivity contribution < 1.29 is 0 Å². The number of rotatable bonds is 2. The quantitative estimate of drug-likeness (QED) is 0.512. The van der Waals surface area contributed by atoms with Crippen LogP contribution < -0.4 is 0 Å². The fraction of sp³-hybridized carbons (Fsp3) is 0.0909. The van der Waals surface area contributed by atoms with Crippen LogP contribution in [0.4, 0.5) is 0 Å². The summed E-state index contributed by atoms with van der Waals surface area (Å²) in [5.74, 6) is 0.306. The number of allylic oxidation sites excluding steroid dienone is 1. The van der Waals surface area contributed by atoms with Crippen molar-refractivity contribution in [3.63, 3.8) is 0 Å². The molecule has 0 saturated carbocycles. The summed E-state index contributed by atoms with van der Waals surface area (Å²) in [4.78, 5) is 0. The molecule has 0 radical (unpaired) electrons. The molecule has 0 spiro atoms. The maximum Gasteiger partial charge on any atom is 0.0444 e. The normalized spacial score (nSPS) is 16.6. The fourth-order valence-corrected chi connectivity index (χ4v) is 3.69. The molecule has 1 atom stereocenters. The van der Waals surface area contributed by atoms with Crippen LogP contribution >= 0.6 is 11.6 Å². The van der Waals surface area contributed by atoms with Crippen molar-refractivity contribution in [3.8, 4) is 0 Å². The molecule has 112 valence electrons. The van der Waals surface area contributed by atoms with Crippen molar-refractivity contribution in [1.29, 1.82) is 0 Å². The van der Waals surface area contributed by atoms with Crippen molar-refractivity contribution in [1.82, 2.24) is 0 Å². The second-order valence-corrected chi connectivity index (χ2v) is 6.35. The summed E-state index contributed by atoms with van der Waals surface area (Å²) >= 11 is 6.50. The van der Waals surface area contributed by atoms with Gasteiger partial charge in [-0.25, -0.2) is 0 Å². The zero-order valence-corrected chi connectivity index (χ0v) is 13.5. The van der Waals surface area contributed by atoms with Gasteiger partial charge in [0.2, 0.25) is 0 Å². The van der Waals surface area contributed by atoms with Crippen LogP contribution in [0.1, 0.15) is 34.6 Å². The molecule has 1 aliphatic rings. The molecule has 0 N–H and O–H groups in total. The minimum Gasteiger partial charge on any atom is -0.0840 e. The van der Waals surface area contributed by atoms with Gasteiger partial charge in [-0.2, -0.15) is 0 Å². The lowest BCUT2D eigenvalue weighted by Crippen LogP contribution is -2.09. The predicted octanol–water partition coefficient (Wildman–Crippen LogP) is 6.42. The van der Waals surface area contributed by atoms with E-state index in [0.29, 0.717) is 5.92 Å². The molecule has 0 fully saturated rings. The van der Waals surface area contributed by atoms with Gasteiger partial charge in [0.15, 0.2) is 0 Å². The van der Waals surface area contributed by atoms with E-state index in [1.165, 1.54) is 27.8 Å². The topological polar surface area (TPSA) is 0 Å². The Morgan fingerprint density at radius 3 is 2.13 bits per heavy atom. The summed E-state index contributed by atoms with van der Waals surface area (Å²) in [6.07, 6.45) is 3.29. The Kier molecular flexibility index (Phi) is 3.77. The first kappa shape index (κ1) is 14.3. The first-order valence-corrected chi connectivity index (χ1v) is 8.30. The van der Waals surface area contributed by atoms with Crippen LogP contribution in [0.3, 0.4) is 0 Å². The third kappa shape index (κ3) is 2.71. The summed E-state index contributed by atoms with van der Waals surface area (Å²) in [7, 11) is 0. The summed E-state index contributed by atoms with van der Waals surface area (Å²) in [6.45, 7) is 0. The maximum atomic E-state index is 6.50. The zero-order chi connectivity index (χ0) is 15.6. The van der Waals surface area contributed by atoms with E-state index >= 15 is 0 Å². The minimum absolute atomic E-state index is 0.306. The van der Waals surface area contributed by atoms with Gasteiger partial charge in [-0.3, -0.25) is 0 Å². The van der Waals surface area contributed by atoms with Gasteiger partial charge < -0.3 is 0 Å². The van der Waals surface area contributed by atoms with Crippen LogP contribution in [-0.4, -0.2) is 0 Å². The van der Waals surface area contributed by atoms with E-state index in [9.17, 15) is 0 Å². The molecule has 0 saturated heterocycles. The van der Waals surface area contributed by atoms with Crippen LogP contribution in [0, 0.1) is 0 Å². The van der Waals surface area contributed by atoms with Crippen LogP contribution in [-0.2, 0) is 0 Å². The molecule has 1 unspecified atom stereocenters. The highest BCUT2D eigenvalue weighted by Gasteiger charge is 2.24. The van der Waals surface area contributed by atoms with Crippen molar-refractivity contribution >= 4 is 23.3 Å². The van der Waals surface area contributed by atoms with E-state index in [1.54, 1.807) is 0 Å². The first-order valence-electron chi connectivity index (χ1n) is 7.92. The Hall–Kier alpha value is -2.31. The lowest BCUT2D eigenvalue weighted by Gasteiger charge is -2.27. The van der Waals surface area contributed by atoms with Gasteiger partial charge in [0.1, 0.15) is 0 Å². The molecule has 3 aromatic rings. The van der Waals surface area contributed by atoms with Gasteiger partial charge in [-0.05, 0) is 40.3 Å². The van der Waals surface area contributed by atoms with E-state index in [0.717, 1.165) is 11.4 Å². The third-order valence-electron chi connectivity index (χ3n) is 4.55. The summed E-state index contributed by atoms with van der Waals surface area (Å²) in [5.41, 5.74) is 6.53. The lowest BCUT2D eigenvalue weighted by molar-refractivity contribution is 0.832. The highest BCUT2D eigenvalue weighted by Crippen LogP contribution is 2.43. The molecule has 0 nitrogen and oxygen atoms in total. The fourth-order valence-electron chi connectivity index (χ4n) is 3.42. The van der Waals surface area contributed by atoms with Crippen LogP contribution in [0.25, 0.3) is 11.6 Å². The van der Waals surface area contributed by atoms with E-state index in [-0.39, 0.29) is 0 Å². The van der Waals surface area contributed by atoms with Gasteiger partial charge in [-0.1, -0.05) is 90.5 Å². The summed E-state index contributed by atoms with van der Waals surface area (Å²) in [5, 5.41) is 0.849. The van der Waals surface area contributed by atoms with E-state index in [4.69, 9.17) is 11.6 Å². The number of hydrogen-bond donors (Lipinski definition) is 0. The van der Waals surface area contributed by atoms with Crippen molar-refractivity contribution in [3.05, 3.63) is 106 Å². The third-order valence-corrected chi connectivity index (χ3v) is 4.89. The Morgan fingerprint density at radius 2 is 1.35 bits per heavy atom. The summed E-state index contributed by atoms with van der Waals surface area (Å²) < 4.78 is 0. The van der Waals surface area contributed by atoms with Gasteiger partial charge >= 0.3 is 0 Å². The van der Waals surface area contributed by atoms with Crippen LogP contribution in [0.15, 0.2) is 78.9 Å². The lowest BCUT2D eigenvalue weighted by atomic mass is 9.77. The molecule has 0 bridgehead atoms. The second-order valence-electron chi connectivity index (χ2n) is 5.94. The van der Waals surface area contributed by atoms with Crippen LogP contribution in [0.5, 0.6) is 0 Å². The number of hydrogen-bond acceptors (Lipinski definition) is 0. The molecule has 23 heavy (non-hydrogen) atoms. The van der Waals surface area contributed by atoms with E-state index in [1.807, 2.05) is 12.1 Å². The van der Waals surface area contributed by atoms with Gasteiger partial charge in [-0.15, -0.1) is 0 Å². The molecule has 0 amide bonds. The molecular formula is C22H17Cl. The number of fused-ring (bicyclic) bond motifs is 1. The molecule has 1 aliphatic carbocycles. The smallest absolute Gasteiger partial charge is 0.0444 e. The monoisotopic (exact) mass is 316 g/mol. The molecule has 4 rings (SSSR count). The molecule has 0 aromatic heterocycles. The van der Waals surface area contributed by atoms with Gasteiger partial charge in [0.05, 0.1) is 0 Å². The largest absolute Gasteiger partial charge is 0.0840 e. The van der Waals surface area contributed by atoms with Crippen LogP contribution in [0.2, 0.25) is 5.02 Å².